The summed E-state index contributed by atoms with van der Waals surface area (Å²) in [6.45, 7) is 0. The maximum atomic E-state index is 12.9. The first-order chi connectivity index (χ1) is 12.7. The van der Waals surface area contributed by atoms with E-state index in [0.717, 1.165) is 28.1 Å². The lowest BCUT2D eigenvalue weighted by Gasteiger charge is -2.44. The van der Waals surface area contributed by atoms with Crippen molar-refractivity contribution in [3.63, 3.8) is 0 Å². The second-order valence-corrected chi connectivity index (χ2v) is 7.02. The molecular weight excluding hydrogens is 346 g/mol. The molecule has 2 heterocycles. The minimum absolute atomic E-state index is 0.125. The van der Waals surface area contributed by atoms with E-state index < -0.39 is 0 Å². The van der Waals surface area contributed by atoms with Crippen LogP contribution in [0.4, 0.5) is 5.69 Å². The molecule has 26 heavy (non-hydrogen) atoms. The van der Waals surface area contributed by atoms with Gasteiger partial charge in [0.15, 0.2) is 12.0 Å². The molecule has 5 rings (SSSR count). The third-order valence-corrected chi connectivity index (χ3v) is 5.25. The average molecular weight is 362 g/mol. The molecule has 2 aromatic carbocycles. The van der Waals surface area contributed by atoms with Crippen molar-refractivity contribution in [1.82, 2.24) is 0 Å². The lowest BCUT2D eigenvalue weighted by atomic mass is 9.89. The van der Waals surface area contributed by atoms with Crippen molar-refractivity contribution in [2.75, 3.05) is 4.90 Å². The molecule has 2 atom stereocenters. The molecule has 0 fully saturated rings. The van der Waals surface area contributed by atoms with E-state index in [-0.39, 0.29) is 18.1 Å². The predicted octanol–water partition coefficient (Wildman–Crippen LogP) is 5.05. The monoisotopic (exact) mass is 361 g/mol. The summed E-state index contributed by atoms with van der Waals surface area (Å²) in [5, 5.41) is 0.683. The Bertz CT molecular complexity index is 987. The van der Waals surface area contributed by atoms with Crippen molar-refractivity contribution in [1.29, 1.82) is 0 Å². The van der Waals surface area contributed by atoms with Gasteiger partial charge >= 0.3 is 0 Å². The second-order valence-electron chi connectivity index (χ2n) is 6.58. The lowest BCUT2D eigenvalue weighted by molar-refractivity contribution is -0.116. The van der Waals surface area contributed by atoms with Gasteiger partial charge in [0, 0.05) is 17.0 Å². The highest BCUT2D eigenvalue weighted by Gasteiger charge is 2.40. The van der Waals surface area contributed by atoms with Crippen molar-refractivity contribution >= 4 is 29.1 Å². The zero-order valence-corrected chi connectivity index (χ0v) is 14.7. The third kappa shape index (κ3) is 2.36. The van der Waals surface area contributed by atoms with Gasteiger partial charge in [0.25, 0.3) is 0 Å². The van der Waals surface area contributed by atoms with Crippen molar-refractivity contribution < 1.29 is 9.53 Å². The number of anilines is 1. The summed E-state index contributed by atoms with van der Waals surface area (Å²) in [5.41, 5.74) is 4.73. The SMILES string of the molecule is O=C1CC=CC2=C1N1c3ccccc3C=CC1OC2c1ccc(Cl)cc1. The van der Waals surface area contributed by atoms with Gasteiger partial charge in [-0.15, -0.1) is 0 Å². The molecule has 3 aliphatic rings. The zero-order valence-electron chi connectivity index (χ0n) is 13.9. The maximum Gasteiger partial charge on any atom is 0.183 e. The van der Waals surface area contributed by atoms with Crippen LogP contribution in [0.3, 0.4) is 0 Å². The Balaban J connectivity index is 1.70. The summed E-state index contributed by atoms with van der Waals surface area (Å²) < 4.78 is 6.43. The summed E-state index contributed by atoms with van der Waals surface area (Å²) >= 11 is 6.04. The van der Waals surface area contributed by atoms with Crippen LogP contribution in [0.5, 0.6) is 0 Å². The number of halogens is 1. The van der Waals surface area contributed by atoms with Gasteiger partial charge in [-0.05, 0) is 35.4 Å². The van der Waals surface area contributed by atoms with Gasteiger partial charge in [0.1, 0.15) is 6.10 Å². The number of ketones is 1. The first kappa shape index (κ1) is 15.6. The highest BCUT2D eigenvalue weighted by molar-refractivity contribution is 6.30. The Morgan fingerprint density at radius 3 is 2.69 bits per heavy atom. The van der Waals surface area contributed by atoms with Crippen LogP contribution in [0, 0.1) is 0 Å². The summed E-state index contributed by atoms with van der Waals surface area (Å²) in [5.74, 6) is 0.125. The number of nitrogens with zero attached hydrogens (tertiary/aromatic N) is 1. The van der Waals surface area contributed by atoms with E-state index in [1.54, 1.807) is 0 Å². The van der Waals surface area contributed by atoms with Crippen LogP contribution in [-0.2, 0) is 9.53 Å². The molecule has 0 saturated carbocycles. The number of benzene rings is 2. The highest BCUT2D eigenvalue weighted by Crippen LogP contribution is 2.44. The van der Waals surface area contributed by atoms with Gasteiger partial charge in [-0.2, -0.15) is 0 Å². The van der Waals surface area contributed by atoms with Crippen molar-refractivity contribution in [2.24, 2.45) is 0 Å². The topological polar surface area (TPSA) is 29.5 Å². The fourth-order valence-corrected chi connectivity index (χ4v) is 3.96. The number of Topliss-reactive ketones (excluding diaryl/α,β-unsaturated/α-hetero) is 1. The Kier molecular flexibility index (Phi) is 3.59. The van der Waals surface area contributed by atoms with Crippen molar-refractivity contribution in [3.8, 4) is 0 Å². The molecule has 0 bridgehead atoms. The molecule has 2 aromatic rings. The number of hydrogen-bond donors (Lipinski definition) is 0. The Morgan fingerprint density at radius 1 is 1.04 bits per heavy atom. The molecule has 0 amide bonds. The molecule has 0 saturated heterocycles. The number of carbonyl (C=O) groups is 1. The molecule has 2 unspecified atom stereocenters. The lowest BCUT2D eigenvalue weighted by Crippen LogP contribution is -2.46. The normalized spacial score (nSPS) is 23.6. The summed E-state index contributed by atoms with van der Waals surface area (Å²) in [6, 6.07) is 15.7. The zero-order chi connectivity index (χ0) is 17.7. The van der Waals surface area contributed by atoms with Gasteiger partial charge in [-0.1, -0.05) is 60.2 Å². The van der Waals surface area contributed by atoms with Crippen LogP contribution in [0.1, 0.15) is 23.7 Å². The number of para-hydroxylation sites is 1. The van der Waals surface area contributed by atoms with Crippen LogP contribution in [0.25, 0.3) is 6.08 Å². The third-order valence-electron chi connectivity index (χ3n) is 5.00. The summed E-state index contributed by atoms with van der Waals surface area (Å²) in [7, 11) is 0. The van der Waals surface area contributed by atoms with Gasteiger partial charge in [0.2, 0.25) is 0 Å². The minimum atomic E-state index is -0.306. The van der Waals surface area contributed by atoms with E-state index in [1.165, 1.54) is 0 Å². The Hall–Kier alpha value is -2.62. The van der Waals surface area contributed by atoms with Crippen molar-refractivity contribution in [2.45, 2.75) is 18.8 Å². The standard InChI is InChI=1S/C22H16ClNO2/c23-16-11-8-15(9-12-16)22-17-5-3-7-19(25)21(17)24-18-6-2-1-4-14(18)10-13-20(24)26-22/h1-6,8-13,20,22H,7H2. The molecule has 3 nitrogen and oxygen atoms in total. The Labute approximate surface area is 156 Å². The molecular formula is C22H16ClNO2. The molecule has 0 radical (unpaired) electrons. The molecule has 0 N–H and O–H groups in total. The highest BCUT2D eigenvalue weighted by atomic mass is 35.5. The number of rotatable bonds is 1. The quantitative estimate of drug-likeness (QED) is 0.711. The van der Waals surface area contributed by atoms with E-state index in [9.17, 15) is 4.79 Å². The number of ether oxygens (including phenoxy) is 1. The molecule has 2 aliphatic heterocycles. The van der Waals surface area contributed by atoms with E-state index in [2.05, 4.69) is 12.1 Å². The van der Waals surface area contributed by atoms with E-state index in [1.807, 2.05) is 65.6 Å². The van der Waals surface area contributed by atoms with Gasteiger partial charge in [0.05, 0.1) is 11.4 Å². The van der Waals surface area contributed by atoms with Crippen molar-refractivity contribution in [3.05, 3.63) is 94.2 Å². The predicted molar refractivity (Wildman–Crippen MR) is 103 cm³/mol. The molecule has 128 valence electrons. The van der Waals surface area contributed by atoms with Gasteiger partial charge in [-0.3, -0.25) is 4.79 Å². The van der Waals surface area contributed by atoms with Crippen LogP contribution >= 0.6 is 11.6 Å². The first-order valence-electron chi connectivity index (χ1n) is 8.64. The number of fused-ring (bicyclic) bond motifs is 4. The van der Waals surface area contributed by atoms with Crippen LogP contribution in [-0.4, -0.2) is 12.0 Å². The first-order valence-corrected chi connectivity index (χ1v) is 9.01. The second kappa shape index (κ2) is 5.97. The van der Waals surface area contributed by atoms with Crippen LogP contribution < -0.4 is 4.90 Å². The number of hydrogen-bond acceptors (Lipinski definition) is 3. The minimum Gasteiger partial charge on any atom is -0.342 e. The largest absolute Gasteiger partial charge is 0.342 e. The molecule has 0 aromatic heterocycles. The summed E-state index contributed by atoms with van der Waals surface area (Å²) in [4.78, 5) is 14.9. The number of carbonyl (C=O) groups excluding carboxylic acids is 1. The van der Waals surface area contributed by atoms with Gasteiger partial charge in [-0.25, -0.2) is 0 Å². The molecule has 1 aliphatic carbocycles. The average Bonchev–Trinajstić information content (AvgIpc) is 2.68. The smallest absolute Gasteiger partial charge is 0.183 e. The van der Waals surface area contributed by atoms with Crippen LogP contribution in [0.2, 0.25) is 5.02 Å². The Morgan fingerprint density at radius 2 is 1.85 bits per heavy atom. The number of allylic oxidation sites excluding steroid dienone is 2. The molecule has 4 heteroatoms. The van der Waals surface area contributed by atoms with Crippen LogP contribution in [0.15, 0.2) is 78.0 Å². The van der Waals surface area contributed by atoms with E-state index in [4.69, 9.17) is 16.3 Å². The van der Waals surface area contributed by atoms with E-state index in [0.29, 0.717) is 11.4 Å². The van der Waals surface area contributed by atoms with Gasteiger partial charge < -0.3 is 9.64 Å². The van der Waals surface area contributed by atoms with E-state index >= 15 is 0 Å². The summed E-state index contributed by atoms with van der Waals surface area (Å²) in [6.07, 6.45) is 7.83. The maximum absolute atomic E-state index is 12.9. The molecule has 0 spiro atoms. The fourth-order valence-electron chi connectivity index (χ4n) is 3.83. The fraction of sp³-hybridized carbons (Fsp3) is 0.136.